The van der Waals surface area contributed by atoms with Gasteiger partial charge in [0, 0.05) is 0 Å². The first-order valence-corrected chi connectivity index (χ1v) is 6.39. The number of furan rings is 1. The summed E-state index contributed by atoms with van der Waals surface area (Å²) in [4.78, 5) is 15.2. The maximum atomic E-state index is 11.1. The van der Waals surface area contributed by atoms with Crippen LogP contribution in [0.4, 0.5) is 0 Å². The van der Waals surface area contributed by atoms with Gasteiger partial charge in [-0.3, -0.25) is 10.1 Å². The second-order valence-corrected chi connectivity index (χ2v) is 4.89. The highest BCUT2D eigenvalue weighted by molar-refractivity contribution is 5.73. The zero-order chi connectivity index (χ0) is 14.5. The highest BCUT2D eigenvalue weighted by atomic mass is 16.5. The van der Waals surface area contributed by atoms with E-state index in [0.29, 0.717) is 23.9 Å². The second-order valence-electron chi connectivity index (χ2n) is 4.89. The number of aliphatic carboxylic acids is 1. The summed E-state index contributed by atoms with van der Waals surface area (Å²) < 4.78 is 10.2. The Morgan fingerprint density at radius 1 is 1.50 bits per heavy atom. The minimum absolute atomic E-state index is 0.206. The van der Waals surface area contributed by atoms with Crippen molar-refractivity contribution in [2.75, 3.05) is 0 Å². The van der Waals surface area contributed by atoms with Crippen molar-refractivity contribution >= 4 is 5.97 Å². The quantitative estimate of drug-likeness (QED) is 0.798. The number of nitrogens with zero attached hydrogens (tertiary/aromatic N) is 2. The molecule has 7 nitrogen and oxygen atoms in total. The Bertz CT molecular complexity index is 548. The average molecular weight is 279 g/mol. The minimum Gasteiger partial charge on any atom is -0.480 e. The van der Waals surface area contributed by atoms with Crippen molar-refractivity contribution in [3.63, 3.8) is 0 Å². The molecule has 7 heteroatoms. The van der Waals surface area contributed by atoms with Crippen LogP contribution in [0.15, 0.2) is 27.3 Å². The molecule has 2 heterocycles. The molecule has 0 aromatic carbocycles. The molecule has 0 aliphatic rings. The van der Waals surface area contributed by atoms with Crippen molar-refractivity contribution < 1.29 is 18.8 Å². The third-order valence-electron chi connectivity index (χ3n) is 2.71. The Hall–Kier alpha value is -2.15. The van der Waals surface area contributed by atoms with Crippen LogP contribution in [0.5, 0.6) is 0 Å². The summed E-state index contributed by atoms with van der Waals surface area (Å²) in [6.07, 6.45) is 2.06. The van der Waals surface area contributed by atoms with Crippen LogP contribution in [0.2, 0.25) is 0 Å². The molecule has 0 bridgehead atoms. The van der Waals surface area contributed by atoms with Crippen molar-refractivity contribution in [1.29, 1.82) is 0 Å². The summed E-state index contributed by atoms with van der Waals surface area (Å²) in [7, 11) is 0. The van der Waals surface area contributed by atoms with Gasteiger partial charge in [-0.15, -0.1) is 0 Å². The van der Waals surface area contributed by atoms with Gasteiger partial charge >= 0.3 is 5.97 Å². The lowest BCUT2D eigenvalue weighted by atomic mass is 10.0. The standard InChI is InChI=1S/C13H17N3O4/c1-8(2)6-9(13(17)18)14-7-11-15-12(16-20-11)10-4-3-5-19-10/h3-5,8-9,14H,6-7H2,1-2H3,(H,17,18). The van der Waals surface area contributed by atoms with Crippen LogP contribution in [-0.4, -0.2) is 27.3 Å². The van der Waals surface area contributed by atoms with Crippen molar-refractivity contribution in [3.05, 3.63) is 24.3 Å². The fourth-order valence-corrected chi connectivity index (χ4v) is 1.79. The molecule has 0 aliphatic carbocycles. The van der Waals surface area contributed by atoms with Crippen molar-refractivity contribution in [2.45, 2.75) is 32.9 Å². The van der Waals surface area contributed by atoms with Gasteiger partial charge < -0.3 is 14.0 Å². The van der Waals surface area contributed by atoms with E-state index in [9.17, 15) is 4.79 Å². The molecule has 2 N–H and O–H groups in total. The van der Waals surface area contributed by atoms with E-state index in [4.69, 9.17) is 14.0 Å². The van der Waals surface area contributed by atoms with E-state index < -0.39 is 12.0 Å². The zero-order valence-electron chi connectivity index (χ0n) is 11.4. The molecule has 0 radical (unpaired) electrons. The van der Waals surface area contributed by atoms with Gasteiger partial charge in [-0.05, 0) is 24.5 Å². The van der Waals surface area contributed by atoms with E-state index >= 15 is 0 Å². The van der Waals surface area contributed by atoms with Gasteiger partial charge in [0.15, 0.2) is 5.76 Å². The number of rotatable bonds is 7. The Morgan fingerprint density at radius 2 is 2.30 bits per heavy atom. The second kappa shape index (κ2) is 6.33. The van der Waals surface area contributed by atoms with Gasteiger partial charge in [0.2, 0.25) is 11.7 Å². The van der Waals surface area contributed by atoms with Gasteiger partial charge in [-0.1, -0.05) is 19.0 Å². The van der Waals surface area contributed by atoms with Crippen molar-refractivity contribution in [2.24, 2.45) is 5.92 Å². The van der Waals surface area contributed by atoms with Gasteiger partial charge in [0.05, 0.1) is 12.8 Å². The molecular weight excluding hydrogens is 262 g/mol. The van der Waals surface area contributed by atoms with Crippen LogP contribution in [0.1, 0.15) is 26.2 Å². The number of nitrogens with one attached hydrogen (secondary N) is 1. The molecule has 2 aromatic rings. The van der Waals surface area contributed by atoms with Gasteiger partial charge in [0.1, 0.15) is 6.04 Å². The molecule has 0 spiro atoms. The van der Waals surface area contributed by atoms with Crippen molar-refractivity contribution in [1.82, 2.24) is 15.5 Å². The molecule has 0 saturated heterocycles. The Morgan fingerprint density at radius 3 is 2.90 bits per heavy atom. The van der Waals surface area contributed by atoms with E-state index in [2.05, 4.69) is 15.5 Å². The highest BCUT2D eigenvalue weighted by Gasteiger charge is 2.19. The predicted molar refractivity (Wildman–Crippen MR) is 69.7 cm³/mol. The number of carboxylic acids is 1. The molecule has 20 heavy (non-hydrogen) atoms. The van der Waals surface area contributed by atoms with Gasteiger partial charge in [-0.2, -0.15) is 4.98 Å². The number of carboxylic acid groups (broad SMARTS) is 1. The van der Waals surface area contributed by atoms with E-state index in [1.165, 1.54) is 6.26 Å². The molecule has 0 amide bonds. The summed E-state index contributed by atoms with van der Waals surface area (Å²) in [5.74, 6) is 0.584. The van der Waals surface area contributed by atoms with E-state index in [1.807, 2.05) is 13.8 Å². The van der Waals surface area contributed by atoms with Crippen LogP contribution < -0.4 is 5.32 Å². The van der Waals surface area contributed by atoms with Crippen LogP contribution >= 0.6 is 0 Å². The molecular formula is C13H17N3O4. The number of carbonyl (C=O) groups is 1. The zero-order valence-corrected chi connectivity index (χ0v) is 11.4. The molecule has 0 fully saturated rings. The van der Waals surface area contributed by atoms with Gasteiger partial charge in [0.25, 0.3) is 0 Å². The highest BCUT2D eigenvalue weighted by Crippen LogP contribution is 2.15. The lowest BCUT2D eigenvalue weighted by Crippen LogP contribution is -2.37. The maximum Gasteiger partial charge on any atom is 0.320 e. The lowest BCUT2D eigenvalue weighted by molar-refractivity contribution is -0.140. The summed E-state index contributed by atoms with van der Waals surface area (Å²) in [5.41, 5.74) is 0. The van der Waals surface area contributed by atoms with Crippen LogP contribution in [-0.2, 0) is 11.3 Å². The Balaban J connectivity index is 1.95. The van der Waals surface area contributed by atoms with Crippen LogP contribution in [0.3, 0.4) is 0 Å². The number of hydrogen-bond acceptors (Lipinski definition) is 6. The average Bonchev–Trinajstić information content (AvgIpc) is 3.03. The monoisotopic (exact) mass is 279 g/mol. The summed E-state index contributed by atoms with van der Waals surface area (Å²) in [6, 6.07) is 2.82. The topological polar surface area (TPSA) is 101 Å². The number of hydrogen-bond donors (Lipinski definition) is 2. The smallest absolute Gasteiger partial charge is 0.320 e. The summed E-state index contributed by atoms with van der Waals surface area (Å²) in [6.45, 7) is 4.15. The summed E-state index contributed by atoms with van der Waals surface area (Å²) in [5, 5.41) is 15.8. The molecule has 1 unspecified atom stereocenters. The molecule has 108 valence electrons. The molecule has 0 saturated carbocycles. The fourth-order valence-electron chi connectivity index (χ4n) is 1.79. The summed E-state index contributed by atoms with van der Waals surface area (Å²) >= 11 is 0. The predicted octanol–water partition coefficient (Wildman–Crippen LogP) is 1.92. The number of aromatic nitrogens is 2. The van der Waals surface area contributed by atoms with Crippen LogP contribution in [0, 0.1) is 5.92 Å². The third-order valence-corrected chi connectivity index (χ3v) is 2.71. The van der Waals surface area contributed by atoms with E-state index in [0.717, 1.165) is 0 Å². The molecule has 2 rings (SSSR count). The molecule has 2 aromatic heterocycles. The van der Waals surface area contributed by atoms with E-state index in [1.54, 1.807) is 12.1 Å². The maximum absolute atomic E-state index is 11.1. The van der Waals surface area contributed by atoms with Crippen molar-refractivity contribution in [3.8, 4) is 11.6 Å². The fraction of sp³-hybridized carbons (Fsp3) is 0.462. The minimum atomic E-state index is -0.885. The largest absolute Gasteiger partial charge is 0.480 e. The van der Waals surface area contributed by atoms with Gasteiger partial charge in [-0.25, -0.2) is 0 Å². The first-order chi connectivity index (χ1) is 9.56. The normalized spacial score (nSPS) is 12.8. The Labute approximate surface area is 116 Å². The van der Waals surface area contributed by atoms with E-state index in [-0.39, 0.29) is 12.5 Å². The first-order valence-electron chi connectivity index (χ1n) is 6.39. The van der Waals surface area contributed by atoms with Crippen LogP contribution in [0.25, 0.3) is 11.6 Å². The molecule has 1 atom stereocenters. The third kappa shape index (κ3) is 3.67. The lowest BCUT2D eigenvalue weighted by Gasteiger charge is -2.14. The first kappa shape index (κ1) is 14.3. The molecule has 0 aliphatic heterocycles. The Kier molecular flexibility index (Phi) is 4.52. The SMILES string of the molecule is CC(C)CC(NCc1nc(-c2ccco2)no1)C(=O)O.